The summed E-state index contributed by atoms with van der Waals surface area (Å²) in [6, 6.07) is 15.8. The number of ether oxygens (including phenoxy) is 1. The molecule has 0 saturated carbocycles. The van der Waals surface area contributed by atoms with Crippen LogP contribution >= 0.6 is 0 Å². The number of benzene rings is 2. The Bertz CT molecular complexity index is 503. The van der Waals surface area contributed by atoms with E-state index in [1.807, 2.05) is 55.5 Å². The first kappa shape index (κ1) is 12.7. The molecule has 2 aromatic rings. The SMILES string of the molecule is COc1ccccc1CC(O)c1ccc(C)cc1. The Balaban J connectivity index is 2.15. The molecule has 2 rings (SSSR count). The summed E-state index contributed by atoms with van der Waals surface area (Å²) in [5, 5.41) is 10.2. The molecule has 0 spiro atoms. The molecular formula is C16H18O2. The molecule has 0 saturated heterocycles. The number of aliphatic hydroxyl groups is 1. The van der Waals surface area contributed by atoms with Crippen molar-refractivity contribution >= 4 is 0 Å². The van der Waals surface area contributed by atoms with Crippen LogP contribution in [-0.2, 0) is 6.42 Å². The van der Waals surface area contributed by atoms with E-state index in [0.717, 1.165) is 16.9 Å². The fraction of sp³-hybridized carbons (Fsp3) is 0.250. The van der Waals surface area contributed by atoms with E-state index in [1.165, 1.54) is 5.56 Å². The first-order valence-corrected chi connectivity index (χ1v) is 6.07. The lowest BCUT2D eigenvalue weighted by Gasteiger charge is -2.13. The van der Waals surface area contributed by atoms with Gasteiger partial charge in [0.05, 0.1) is 13.2 Å². The molecule has 1 atom stereocenters. The second-order valence-corrected chi connectivity index (χ2v) is 4.44. The normalized spacial score (nSPS) is 12.2. The molecule has 0 aliphatic carbocycles. The molecule has 0 bridgehead atoms. The molecule has 2 aromatic carbocycles. The van der Waals surface area contributed by atoms with Gasteiger partial charge in [0.15, 0.2) is 0 Å². The van der Waals surface area contributed by atoms with Gasteiger partial charge < -0.3 is 9.84 Å². The molecule has 94 valence electrons. The van der Waals surface area contributed by atoms with Gasteiger partial charge in [-0.05, 0) is 24.1 Å². The average Bonchev–Trinajstić information content (AvgIpc) is 2.40. The van der Waals surface area contributed by atoms with Gasteiger partial charge in [0.1, 0.15) is 5.75 Å². The van der Waals surface area contributed by atoms with Gasteiger partial charge in [0, 0.05) is 6.42 Å². The third-order valence-electron chi connectivity index (χ3n) is 3.07. The fourth-order valence-corrected chi connectivity index (χ4v) is 1.99. The van der Waals surface area contributed by atoms with Crippen LogP contribution in [0.25, 0.3) is 0 Å². The molecular weight excluding hydrogens is 224 g/mol. The lowest BCUT2D eigenvalue weighted by molar-refractivity contribution is 0.177. The minimum absolute atomic E-state index is 0.498. The van der Waals surface area contributed by atoms with Crippen molar-refractivity contribution in [1.82, 2.24) is 0 Å². The molecule has 0 aliphatic heterocycles. The summed E-state index contributed by atoms with van der Waals surface area (Å²) in [5.41, 5.74) is 3.16. The van der Waals surface area contributed by atoms with Crippen LogP contribution in [0.4, 0.5) is 0 Å². The molecule has 0 aliphatic rings. The van der Waals surface area contributed by atoms with E-state index < -0.39 is 6.10 Å². The highest BCUT2D eigenvalue weighted by Gasteiger charge is 2.11. The van der Waals surface area contributed by atoms with Gasteiger partial charge in [0.25, 0.3) is 0 Å². The van der Waals surface area contributed by atoms with Crippen molar-refractivity contribution in [3.63, 3.8) is 0 Å². The van der Waals surface area contributed by atoms with Crippen LogP contribution in [0, 0.1) is 6.92 Å². The van der Waals surface area contributed by atoms with Crippen molar-refractivity contribution in [3.8, 4) is 5.75 Å². The number of methoxy groups -OCH3 is 1. The van der Waals surface area contributed by atoms with Crippen LogP contribution in [0.1, 0.15) is 22.8 Å². The lowest BCUT2D eigenvalue weighted by Crippen LogP contribution is -2.03. The highest BCUT2D eigenvalue weighted by atomic mass is 16.5. The van der Waals surface area contributed by atoms with Crippen LogP contribution in [0.15, 0.2) is 48.5 Å². The van der Waals surface area contributed by atoms with Crippen LogP contribution in [0.5, 0.6) is 5.75 Å². The maximum atomic E-state index is 10.2. The van der Waals surface area contributed by atoms with Gasteiger partial charge in [-0.25, -0.2) is 0 Å². The number of para-hydroxylation sites is 1. The molecule has 2 nitrogen and oxygen atoms in total. The van der Waals surface area contributed by atoms with Crippen molar-refractivity contribution in [3.05, 3.63) is 65.2 Å². The predicted octanol–water partition coefficient (Wildman–Crippen LogP) is 3.28. The molecule has 0 amide bonds. The van der Waals surface area contributed by atoms with Crippen LogP contribution < -0.4 is 4.74 Å². The van der Waals surface area contributed by atoms with Gasteiger partial charge in [-0.1, -0.05) is 48.0 Å². The number of rotatable bonds is 4. The number of hydrogen-bond acceptors (Lipinski definition) is 2. The summed E-state index contributed by atoms with van der Waals surface area (Å²) in [7, 11) is 1.65. The van der Waals surface area contributed by atoms with Crippen molar-refractivity contribution in [2.45, 2.75) is 19.4 Å². The molecule has 0 fully saturated rings. The highest BCUT2D eigenvalue weighted by molar-refractivity contribution is 5.35. The number of aliphatic hydroxyl groups excluding tert-OH is 1. The van der Waals surface area contributed by atoms with E-state index in [0.29, 0.717) is 6.42 Å². The Labute approximate surface area is 108 Å². The Morgan fingerprint density at radius 1 is 1.06 bits per heavy atom. The Hall–Kier alpha value is -1.80. The van der Waals surface area contributed by atoms with Gasteiger partial charge in [-0.15, -0.1) is 0 Å². The lowest BCUT2D eigenvalue weighted by atomic mass is 10.00. The molecule has 0 heterocycles. The van der Waals surface area contributed by atoms with E-state index >= 15 is 0 Å². The van der Waals surface area contributed by atoms with Crippen LogP contribution in [0.3, 0.4) is 0 Å². The molecule has 0 radical (unpaired) electrons. The summed E-state index contributed by atoms with van der Waals surface area (Å²) in [6.45, 7) is 2.04. The first-order chi connectivity index (χ1) is 8.70. The van der Waals surface area contributed by atoms with E-state index in [2.05, 4.69) is 0 Å². The Kier molecular flexibility index (Phi) is 4.00. The zero-order valence-electron chi connectivity index (χ0n) is 10.8. The third kappa shape index (κ3) is 2.90. The summed E-state index contributed by atoms with van der Waals surface area (Å²) >= 11 is 0. The predicted molar refractivity (Wildman–Crippen MR) is 72.8 cm³/mol. The highest BCUT2D eigenvalue weighted by Crippen LogP contribution is 2.24. The van der Waals surface area contributed by atoms with E-state index in [-0.39, 0.29) is 0 Å². The summed E-state index contributed by atoms with van der Waals surface area (Å²) < 4.78 is 5.29. The van der Waals surface area contributed by atoms with Gasteiger partial charge in [0.2, 0.25) is 0 Å². The topological polar surface area (TPSA) is 29.5 Å². The maximum absolute atomic E-state index is 10.2. The van der Waals surface area contributed by atoms with E-state index in [4.69, 9.17) is 4.74 Å². The van der Waals surface area contributed by atoms with Crippen molar-refractivity contribution in [2.24, 2.45) is 0 Å². The summed E-state index contributed by atoms with van der Waals surface area (Å²) in [4.78, 5) is 0. The molecule has 1 N–H and O–H groups in total. The third-order valence-corrected chi connectivity index (χ3v) is 3.07. The van der Waals surface area contributed by atoms with Gasteiger partial charge >= 0.3 is 0 Å². The zero-order chi connectivity index (χ0) is 13.0. The quantitative estimate of drug-likeness (QED) is 0.891. The average molecular weight is 242 g/mol. The van der Waals surface area contributed by atoms with Crippen molar-refractivity contribution in [2.75, 3.05) is 7.11 Å². The minimum atomic E-state index is -0.498. The van der Waals surface area contributed by atoms with Gasteiger partial charge in [-0.3, -0.25) is 0 Å². The monoisotopic (exact) mass is 242 g/mol. The number of aryl methyl sites for hydroxylation is 1. The Morgan fingerprint density at radius 2 is 1.72 bits per heavy atom. The zero-order valence-corrected chi connectivity index (χ0v) is 10.8. The molecule has 18 heavy (non-hydrogen) atoms. The second kappa shape index (κ2) is 5.69. The molecule has 1 unspecified atom stereocenters. The Morgan fingerprint density at radius 3 is 2.39 bits per heavy atom. The van der Waals surface area contributed by atoms with E-state index in [9.17, 15) is 5.11 Å². The van der Waals surface area contributed by atoms with Crippen molar-refractivity contribution < 1.29 is 9.84 Å². The molecule has 0 aromatic heterocycles. The molecule has 2 heteroatoms. The number of hydrogen-bond donors (Lipinski definition) is 1. The largest absolute Gasteiger partial charge is 0.496 e. The van der Waals surface area contributed by atoms with Crippen LogP contribution in [0.2, 0.25) is 0 Å². The smallest absolute Gasteiger partial charge is 0.122 e. The second-order valence-electron chi connectivity index (χ2n) is 4.44. The fourth-order valence-electron chi connectivity index (χ4n) is 1.99. The maximum Gasteiger partial charge on any atom is 0.122 e. The van der Waals surface area contributed by atoms with Crippen molar-refractivity contribution in [1.29, 1.82) is 0 Å². The van der Waals surface area contributed by atoms with E-state index in [1.54, 1.807) is 7.11 Å². The summed E-state index contributed by atoms with van der Waals surface area (Å²) in [6.07, 6.45) is 0.0643. The van der Waals surface area contributed by atoms with Gasteiger partial charge in [-0.2, -0.15) is 0 Å². The first-order valence-electron chi connectivity index (χ1n) is 6.07. The van der Waals surface area contributed by atoms with Crippen LogP contribution in [-0.4, -0.2) is 12.2 Å². The minimum Gasteiger partial charge on any atom is -0.496 e. The summed E-state index contributed by atoms with van der Waals surface area (Å²) in [5.74, 6) is 0.823. The standard InChI is InChI=1S/C16H18O2/c1-12-7-9-13(10-8-12)15(17)11-14-5-3-4-6-16(14)18-2/h3-10,15,17H,11H2,1-2H3.